The Kier molecular flexibility index (Phi) is 3.95. The molecule has 5 heteroatoms. The molecule has 1 amide bonds. The average Bonchev–Trinajstić information content (AvgIpc) is 2.69. The van der Waals surface area contributed by atoms with E-state index >= 15 is 0 Å². The van der Waals surface area contributed by atoms with Crippen molar-refractivity contribution in [1.29, 1.82) is 0 Å². The van der Waals surface area contributed by atoms with Gasteiger partial charge in [0.1, 0.15) is 5.82 Å². The van der Waals surface area contributed by atoms with Crippen molar-refractivity contribution in [2.45, 2.75) is 26.8 Å². The van der Waals surface area contributed by atoms with Gasteiger partial charge < -0.3 is 5.32 Å². The third-order valence-electron chi connectivity index (χ3n) is 2.79. The van der Waals surface area contributed by atoms with Crippen LogP contribution >= 0.6 is 11.3 Å². The monoisotopic (exact) mass is 278 g/mol. The summed E-state index contributed by atoms with van der Waals surface area (Å²) in [6.07, 6.45) is 0. The summed E-state index contributed by atoms with van der Waals surface area (Å²) in [5, 5.41) is 3.88. The number of hydrogen-bond acceptors (Lipinski definition) is 3. The molecule has 1 N–H and O–H groups in total. The maximum atomic E-state index is 12.8. The molecule has 19 heavy (non-hydrogen) atoms. The van der Waals surface area contributed by atoms with Gasteiger partial charge in [-0.15, -0.1) is 11.3 Å². The normalized spacial score (nSPS) is 12.2. The van der Waals surface area contributed by atoms with Crippen molar-refractivity contribution in [2.75, 3.05) is 0 Å². The van der Waals surface area contributed by atoms with Gasteiger partial charge >= 0.3 is 0 Å². The Labute approximate surface area is 115 Å². The van der Waals surface area contributed by atoms with Crippen LogP contribution in [0.1, 0.15) is 38.9 Å². The van der Waals surface area contributed by atoms with Crippen LogP contribution in [0.5, 0.6) is 0 Å². The van der Waals surface area contributed by atoms with Crippen molar-refractivity contribution in [1.82, 2.24) is 10.3 Å². The molecule has 1 heterocycles. The molecular formula is C14H15FN2OS. The van der Waals surface area contributed by atoms with Crippen LogP contribution in [0, 0.1) is 19.7 Å². The summed E-state index contributed by atoms with van der Waals surface area (Å²) in [4.78, 5) is 17.4. The highest BCUT2D eigenvalue weighted by atomic mass is 32.1. The highest BCUT2D eigenvalue weighted by Gasteiger charge is 2.16. The molecule has 2 rings (SSSR count). The van der Waals surface area contributed by atoms with E-state index in [1.165, 1.54) is 24.3 Å². The molecule has 0 saturated heterocycles. The fourth-order valence-electron chi connectivity index (χ4n) is 1.90. The summed E-state index contributed by atoms with van der Waals surface area (Å²) in [6, 6.07) is 5.40. The van der Waals surface area contributed by atoms with Crippen LogP contribution in [0.25, 0.3) is 0 Å². The lowest BCUT2D eigenvalue weighted by atomic mass is 10.2. The van der Waals surface area contributed by atoms with Gasteiger partial charge in [-0.2, -0.15) is 0 Å². The van der Waals surface area contributed by atoms with E-state index in [2.05, 4.69) is 10.3 Å². The van der Waals surface area contributed by atoms with Crippen LogP contribution in [0.2, 0.25) is 0 Å². The highest BCUT2D eigenvalue weighted by molar-refractivity contribution is 7.11. The van der Waals surface area contributed by atoms with E-state index in [0.29, 0.717) is 5.56 Å². The molecule has 0 bridgehead atoms. The maximum Gasteiger partial charge on any atom is 0.251 e. The first kappa shape index (κ1) is 13.7. The van der Waals surface area contributed by atoms with Crippen LogP contribution < -0.4 is 5.32 Å². The predicted molar refractivity (Wildman–Crippen MR) is 73.9 cm³/mol. The van der Waals surface area contributed by atoms with Crippen molar-refractivity contribution in [3.05, 3.63) is 51.2 Å². The van der Waals surface area contributed by atoms with Gasteiger partial charge in [-0.3, -0.25) is 4.79 Å². The summed E-state index contributed by atoms with van der Waals surface area (Å²) in [6.45, 7) is 5.79. The van der Waals surface area contributed by atoms with Gasteiger partial charge in [0, 0.05) is 10.4 Å². The largest absolute Gasteiger partial charge is 0.345 e. The minimum atomic E-state index is -0.349. The molecular weight excluding hydrogens is 263 g/mol. The molecule has 0 radical (unpaired) electrons. The van der Waals surface area contributed by atoms with E-state index in [4.69, 9.17) is 0 Å². The zero-order chi connectivity index (χ0) is 14.0. The topological polar surface area (TPSA) is 42.0 Å². The first-order chi connectivity index (χ1) is 8.97. The van der Waals surface area contributed by atoms with Crippen LogP contribution in [0.3, 0.4) is 0 Å². The number of carbonyl (C=O) groups excluding carboxylic acids is 1. The lowest BCUT2D eigenvalue weighted by molar-refractivity contribution is 0.0940. The average molecular weight is 278 g/mol. The number of hydrogen-bond donors (Lipinski definition) is 1. The van der Waals surface area contributed by atoms with Crippen LogP contribution in [-0.2, 0) is 0 Å². The predicted octanol–water partition coefficient (Wildman–Crippen LogP) is 3.39. The molecule has 0 aliphatic carbocycles. The standard InChI is InChI=1S/C14H15FN2OS/c1-8-13(19-10(3)16-8)9(2)17-14(18)11-4-6-12(15)7-5-11/h4-7,9H,1-3H3,(H,17,18). The first-order valence-electron chi connectivity index (χ1n) is 5.97. The molecule has 2 aromatic rings. The number of rotatable bonds is 3. The number of amides is 1. The van der Waals surface area contributed by atoms with Crippen LogP contribution in [0.15, 0.2) is 24.3 Å². The SMILES string of the molecule is Cc1nc(C)c(C(C)NC(=O)c2ccc(F)cc2)s1. The second-order valence-corrected chi connectivity index (χ2v) is 5.62. The second-order valence-electron chi connectivity index (χ2n) is 4.38. The Hall–Kier alpha value is -1.75. The van der Waals surface area contributed by atoms with Crippen LogP contribution in [0.4, 0.5) is 4.39 Å². The third-order valence-corrected chi connectivity index (χ3v) is 4.04. The zero-order valence-electron chi connectivity index (χ0n) is 11.0. The Morgan fingerprint density at radius 3 is 2.47 bits per heavy atom. The smallest absolute Gasteiger partial charge is 0.251 e. The summed E-state index contributed by atoms with van der Waals surface area (Å²) < 4.78 is 12.8. The summed E-state index contributed by atoms with van der Waals surface area (Å²) in [5.74, 6) is -0.559. The van der Waals surface area contributed by atoms with Gasteiger partial charge in [-0.25, -0.2) is 9.37 Å². The molecule has 3 nitrogen and oxygen atoms in total. The minimum absolute atomic E-state index is 0.108. The summed E-state index contributed by atoms with van der Waals surface area (Å²) >= 11 is 1.58. The Morgan fingerprint density at radius 1 is 1.32 bits per heavy atom. The van der Waals surface area contributed by atoms with E-state index < -0.39 is 0 Å². The number of nitrogens with zero attached hydrogens (tertiary/aromatic N) is 1. The summed E-state index contributed by atoms with van der Waals surface area (Å²) in [7, 11) is 0. The molecule has 1 aromatic carbocycles. The van der Waals surface area contributed by atoms with E-state index in [1.807, 2.05) is 20.8 Å². The fourth-order valence-corrected chi connectivity index (χ4v) is 2.83. The zero-order valence-corrected chi connectivity index (χ0v) is 11.8. The van der Waals surface area contributed by atoms with Crippen LogP contribution in [-0.4, -0.2) is 10.9 Å². The fraction of sp³-hybridized carbons (Fsp3) is 0.286. The first-order valence-corrected chi connectivity index (χ1v) is 6.79. The van der Waals surface area contributed by atoms with Crippen molar-refractivity contribution in [3.8, 4) is 0 Å². The molecule has 0 aliphatic rings. The van der Waals surface area contributed by atoms with E-state index in [9.17, 15) is 9.18 Å². The number of halogens is 1. The Bertz CT molecular complexity index is 592. The highest BCUT2D eigenvalue weighted by Crippen LogP contribution is 2.24. The van der Waals surface area contributed by atoms with Gasteiger partial charge in [0.25, 0.3) is 5.91 Å². The summed E-state index contributed by atoms with van der Waals surface area (Å²) in [5.41, 5.74) is 1.39. The number of thiazole rings is 1. The number of aromatic nitrogens is 1. The van der Waals surface area contributed by atoms with Crippen molar-refractivity contribution >= 4 is 17.2 Å². The van der Waals surface area contributed by atoms with Gasteiger partial charge in [0.05, 0.1) is 16.7 Å². The van der Waals surface area contributed by atoms with Gasteiger partial charge in [0.15, 0.2) is 0 Å². The lowest BCUT2D eigenvalue weighted by Gasteiger charge is -2.12. The molecule has 0 aliphatic heterocycles. The Morgan fingerprint density at radius 2 is 1.95 bits per heavy atom. The third kappa shape index (κ3) is 3.17. The van der Waals surface area contributed by atoms with E-state index in [0.717, 1.165) is 15.6 Å². The molecule has 0 spiro atoms. The van der Waals surface area contributed by atoms with E-state index in [-0.39, 0.29) is 17.8 Å². The number of aryl methyl sites for hydroxylation is 2. The number of benzene rings is 1. The van der Waals surface area contributed by atoms with E-state index in [1.54, 1.807) is 11.3 Å². The quantitative estimate of drug-likeness (QED) is 0.935. The Balaban J connectivity index is 2.10. The van der Waals surface area contributed by atoms with Gasteiger partial charge in [-0.05, 0) is 45.0 Å². The molecule has 0 saturated carbocycles. The molecule has 100 valence electrons. The lowest BCUT2D eigenvalue weighted by Crippen LogP contribution is -2.26. The van der Waals surface area contributed by atoms with Gasteiger partial charge in [-0.1, -0.05) is 0 Å². The molecule has 1 atom stereocenters. The minimum Gasteiger partial charge on any atom is -0.345 e. The maximum absolute atomic E-state index is 12.8. The number of nitrogens with one attached hydrogen (secondary N) is 1. The molecule has 1 aromatic heterocycles. The second kappa shape index (κ2) is 5.48. The number of carbonyl (C=O) groups is 1. The molecule has 0 fully saturated rings. The molecule has 1 unspecified atom stereocenters. The van der Waals surface area contributed by atoms with Gasteiger partial charge in [0.2, 0.25) is 0 Å². The van der Waals surface area contributed by atoms with Crippen molar-refractivity contribution in [3.63, 3.8) is 0 Å². The van der Waals surface area contributed by atoms with Crippen molar-refractivity contribution < 1.29 is 9.18 Å². The van der Waals surface area contributed by atoms with Crippen molar-refractivity contribution in [2.24, 2.45) is 0 Å².